The van der Waals surface area contributed by atoms with Crippen LogP contribution in [0.25, 0.3) is 0 Å². The molecule has 19 heavy (non-hydrogen) atoms. The predicted molar refractivity (Wildman–Crippen MR) is 66.8 cm³/mol. The van der Waals surface area contributed by atoms with Gasteiger partial charge in [-0.3, -0.25) is 0 Å². The van der Waals surface area contributed by atoms with Gasteiger partial charge in [-0.05, 0) is 37.7 Å². The first kappa shape index (κ1) is 23.4. The van der Waals surface area contributed by atoms with E-state index in [0.29, 0.717) is 52.1 Å². The number of nitrogens with one attached hydrogen (secondary N) is 2. The third kappa shape index (κ3) is 13.5. The van der Waals surface area contributed by atoms with E-state index in [0.717, 1.165) is 0 Å². The van der Waals surface area contributed by atoms with Crippen molar-refractivity contribution in [3.05, 3.63) is 0 Å². The SMILES string of the molecule is O.O.[Ni+2].[O-]C1=NCCNCCC([O-])=NCCNCC1. The summed E-state index contributed by atoms with van der Waals surface area (Å²) in [7, 11) is 0. The summed E-state index contributed by atoms with van der Waals surface area (Å²) >= 11 is 0. The van der Waals surface area contributed by atoms with Gasteiger partial charge in [-0.2, -0.15) is 0 Å². The van der Waals surface area contributed by atoms with Gasteiger partial charge >= 0.3 is 16.5 Å². The Kier molecular flexibility index (Phi) is 18.9. The van der Waals surface area contributed by atoms with Crippen LogP contribution in [-0.4, -0.2) is 62.0 Å². The Morgan fingerprint density at radius 2 is 1.11 bits per heavy atom. The molecule has 0 radical (unpaired) electrons. The Balaban J connectivity index is -0.000000853. The van der Waals surface area contributed by atoms with E-state index in [9.17, 15) is 10.2 Å². The van der Waals surface area contributed by atoms with Gasteiger partial charge in [-0.15, -0.1) is 0 Å². The molecule has 0 spiro atoms. The first-order chi connectivity index (χ1) is 7.79. The summed E-state index contributed by atoms with van der Waals surface area (Å²) in [5.74, 6) is -0.140. The van der Waals surface area contributed by atoms with Crippen LogP contribution in [0.5, 0.6) is 0 Å². The molecule has 0 atom stereocenters. The molecule has 0 amide bonds. The number of hydrogen-bond donors (Lipinski definition) is 2. The normalized spacial score (nSPS) is 18.3. The van der Waals surface area contributed by atoms with Gasteiger partial charge in [-0.25, -0.2) is 0 Å². The molecule has 1 rings (SSSR count). The van der Waals surface area contributed by atoms with Gasteiger partial charge in [0.25, 0.3) is 0 Å². The summed E-state index contributed by atoms with van der Waals surface area (Å²) in [6.07, 6.45) is 0.821. The van der Waals surface area contributed by atoms with Crippen LogP contribution < -0.4 is 20.8 Å². The van der Waals surface area contributed by atoms with Gasteiger partial charge in [0.15, 0.2) is 0 Å². The average molecular weight is 321 g/mol. The maximum atomic E-state index is 11.2. The molecule has 0 aromatic carbocycles. The summed E-state index contributed by atoms with van der Waals surface area (Å²) in [4.78, 5) is 7.76. The first-order valence-electron chi connectivity index (χ1n) is 5.61. The second-order valence-electron chi connectivity index (χ2n) is 3.55. The molecular weight excluding hydrogens is 299 g/mol. The summed E-state index contributed by atoms with van der Waals surface area (Å²) in [6.45, 7) is 3.41. The summed E-state index contributed by atoms with van der Waals surface area (Å²) in [5, 5.41) is 28.5. The monoisotopic (exact) mass is 320 g/mol. The van der Waals surface area contributed by atoms with Gasteiger partial charge in [0.2, 0.25) is 0 Å². The Bertz CT molecular complexity index is 238. The quantitative estimate of drug-likeness (QED) is 0.434. The van der Waals surface area contributed by atoms with Crippen LogP contribution in [0.4, 0.5) is 0 Å². The molecule has 0 saturated carbocycles. The first-order valence-corrected chi connectivity index (χ1v) is 5.61. The summed E-state index contributed by atoms with van der Waals surface area (Å²) in [5.41, 5.74) is 0. The van der Waals surface area contributed by atoms with E-state index in [1.54, 1.807) is 0 Å². The van der Waals surface area contributed by atoms with Gasteiger partial charge in [0.05, 0.1) is 13.1 Å². The number of aliphatic imine (C=N–C) groups is 2. The fourth-order valence-corrected chi connectivity index (χ4v) is 1.32. The van der Waals surface area contributed by atoms with Crippen LogP contribution in [0.3, 0.4) is 0 Å². The molecule has 0 aromatic heterocycles. The van der Waals surface area contributed by atoms with Gasteiger partial charge in [0, 0.05) is 13.1 Å². The van der Waals surface area contributed by atoms with Crippen LogP contribution in [0.2, 0.25) is 0 Å². The van der Waals surface area contributed by atoms with Crippen LogP contribution >= 0.6 is 0 Å². The van der Waals surface area contributed by atoms with Crippen molar-refractivity contribution in [2.24, 2.45) is 9.98 Å². The molecule has 1 aliphatic heterocycles. The van der Waals surface area contributed by atoms with Crippen LogP contribution in [0, 0.1) is 0 Å². The standard InChI is InChI=1S/C10H20N4O2.Ni.2H2O/c15-9-1-3-11-5-8-14-10(16)2-4-12-6-7-13-9;;;/h11-12H,1-8H2,(H,13,15)(H,14,16);;2*1H2/q;+2;;/p-2. The zero-order valence-corrected chi connectivity index (χ0v) is 11.7. The molecule has 0 bridgehead atoms. The zero-order valence-electron chi connectivity index (χ0n) is 10.7. The minimum atomic E-state index is -0.0700. The third-order valence-electron chi connectivity index (χ3n) is 2.18. The molecule has 116 valence electrons. The van der Waals surface area contributed by atoms with E-state index in [-0.39, 0.29) is 39.2 Å². The molecule has 8 nitrogen and oxygen atoms in total. The van der Waals surface area contributed by atoms with Crippen molar-refractivity contribution in [1.29, 1.82) is 0 Å². The molecule has 0 aromatic rings. The number of nitrogens with zero attached hydrogens (tertiary/aromatic N) is 2. The van der Waals surface area contributed by atoms with E-state index in [1.807, 2.05) is 0 Å². The fourth-order valence-electron chi connectivity index (χ4n) is 1.32. The molecule has 1 aliphatic rings. The van der Waals surface area contributed by atoms with Crippen molar-refractivity contribution in [3.8, 4) is 0 Å². The van der Waals surface area contributed by atoms with Crippen LogP contribution in [0.1, 0.15) is 12.8 Å². The molecule has 6 N–H and O–H groups in total. The summed E-state index contributed by atoms with van der Waals surface area (Å²) in [6, 6.07) is 0. The molecule has 0 fully saturated rings. The molecule has 1 heterocycles. The molecule has 0 aliphatic carbocycles. The molecule has 0 unspecified atom stereocenters. The molecule has 9 heteroatoms. The third-order valence-corrected chi connectivity index (χ3v) is 2.18. The summed E-state index contributed by atoms with van der Waals surface area (Å²) < 4.78 is 0. The Hall–Kier alpha value is -0.726. The van der Waals surface area contributed by atoms with Gasteiger partial charge in [-0.1, -0.05) is 0 Å². The average Bonchev–Trinajstić information content (AvgIpc) is 2.27. The van der Waals surface area contributed by atoms with Gasteiger partial charge in [0.1, 0.15) is 0 Å². The number of hydrogen-bond acceptors (Lipinski definition) is 6. The Morgan fingerprint density at radius 3 is 1.47 bits per heavy atom. The maximum Gasteiger partial charge on any atom is 2.00 e. The van der Waals surface area contributed by atoms with Crippen LogP contribution in [-0.2, 0) is 16.5 Å². The van der Waals surface area contributed by atoms with E-state index in [4.69, 9.17) is 0 Å². The minimum absolute atomic E-state index is 0. The Labute approximate surface area is 123 Å². The second kappa shape index (κ2) is 15.3. The fraction of sp³-hybridized carbons (Fsp3) is 0.800. The van der Waals surface area contributed by atoms with Crippen molar-refractivity contribution in [3.63, 3.8) is 0 Å². The Morgan fingerprint density at radius 1 is 0.737 bits per heavy atom. The smallest absolute Gasteiger partial charge is 0.862 e. The predicted octanol–water partition coefficient (Wildman–Crippen LogP) is -4.17. The van der Waals surface area contributed by atoms with Crippen molar-refractivity contribution in [1.82, 2.24) is 10.6 Å². The van der Waals surface area contributed by atoms with E-state index in [2.05, 4.69) is 20.6 Å². The van der Waals surface area contributed by atoms with Crippen LogP contribution in [0.15, 0.2) is 9.98 Å². The van der Waals surface area contributed by atoms with E-state index < -0.39 is 0 Å². The largest absolute Gasteiger partial charge is 2.00 e. The molecular formula is C10H22N4NiO4. The van der Waals surface area contributed by atoms with Gasteiger partial charge < -0.3 is 41.8 Å². The van der Waals surface area contributed by atoms with E-state index in [1.165, 1.54) is 0 Å². The van der Waals surface area contributed by atoms with Crippen molar-refractivity contribution in [2.75, 3.05) is 39.3 Å². The topological polar surface area (TPSA) is 158 Å². The van der Waals surface area contributed by atoms with Crippen molar-refractivity contribution in [2.45, 2.75) is 12.8 Å². The maximum absolute atomic E-state index is 11.2. The van der Waals surface area contributed by atoms with E-state index >= 15 is 0 Å². The molecule has 0 saturated heterocycles. The van der Waals surface area contributed by atoms with Crippen molar-refractivity contribution >= 4 is 11.8 Å². The minimum Gasteiger partial charge on any atom is -0.862 e. The van der Waals surface area contributed by atoms with Crippen molar-refractivity contribution < 1.29 is 37.7 Å². The zero-order chi connectivity index (χ0) is 11.6. The number of rotatable bonds is 0. The second-order valence-corrected chi connectivity index (χ2v) is 3.55.